The molecule has 0 saturated carbocycles. The van der Waals surface area contributed by atoms with Crippen LogP contribution in [0.4, 0.5) is 8.78 Å². The number of rotatable bonds is 4. The zero-order chi connectivity index (χ0) is 14.9. The quantitative estimate of drug-likeness (QED) is 0.871. The Bertz CT molecular complexity index is 719. The molecule has 0 amide bonds. The molecule has 0 bridgehead atoms. The molecule has 1 aromatic heterocycles. The molecule has 0 radical (unpaired) electrons. The first kappa shape index (κ1) is 14.6. The first-order valence-corrected chi connectivity index (χ1v) is 7.67. The van der Waals surface area contributed by atoms with Crippen LogP contribution in [0.15, 0.2) is 22.7 Å². The molecular weight excluding hydrogens is 288 g/mol. The molecule has 0 aliphatic rings. The molecular formula is C13H13F2NO3S. The Kier molecular flexibility index (Phi) is 3.89. The molecule has 20 heavy (non-hydrogen) atoms. The molecule has 0 spiro atoms. The van der Waals surface area contributed by atoms with Crippen LogP contribution in [0.1, 0.15) is 22.6 Å². The van der Waals surface area contributed by atoms with Gasteiger partial charge in [-0.05, 0) is 32.0 Å². The molecule has 1 aromatic carbocycles. The monoisotopic (exact) mass is 301 g/mol. The standard InChI is InChI=1S/C13H13F2NO3S/c1-8-12(9(2)19-16-8)7-20(17,18)6-10-5-11(14)3-4-13(10)15/h3-5H,6-7H2,1-2H3. The van der Waals surface area contributed by atoms with E-state index in [2.05, 4.69) is 5.16 Å². The number of sulfone groups is 1. The summed E-state index contributed by atoms with van der Waals surface area (Å²) < 4.78 is 55.6. The molecule has 0 saturated heterocycles. The Hall–Kier alpha value is -1.76. The summed E-state index contributed by atoms with van der Waals surface area (Å²) in [5, 5.41) is 3.67. The molecule has 0 fully saturated rings. The second-order valence-corrected chi connectivity index (χ2v) is 6.64. The van der Waals surface area contributed by atoms with E-state index in [0.717, 1.165) is 18.2 Å². The lowest BCUT2D eigenvalue weighted by molar-refractivity contribution is 0.392. The lowest BCUT2D eigenvalue weighted by atomic mass is 10.2. The maximum absolute atomic E-state index is 13.5. The largest absolute Gasteiger partial charge is 0.361 e. The maximum Gasteiger partial charge on any atom is 0.158 e. The van der Waals surface area contributed by atoms with E-state index < -0.39 is 27.2 Å². The minimum Gasteiger partial charge on any atom is -0.361 e. The second-order valence-electron chi connectivity index (χ2n) is 4.57. The number of hydrogen-bond acceptors (Lipinski definition) is 4. The third-order valence-corrected chi connectivity index (χ3v) is 4.41. The Morgan fingerprint density at radius 2 is 1.90 bits per heavy atom. The van der Waals surface area contributed by atoms with Crippen molar-refractivity contribution in [1.29, 1.82) is 0 Å². The third-order valence-electron chi connectivity index (χ3n) is 2.93. The molecule has 2 aromatic rings. The summed E-state index contributed by atoms with van der Waals surface area (Å²) in [5.41, 5.74) is 0.754. The Balaban J connectivity index is 2.26. The first-order chi connectivity index (χ1) is 9.28. The van der Waals surface area contributed by atoms with E-state index in [1.807, 2.05) is 0 Å². The van der Waals surface area contributed by atoms with Gasteiger partial charge in [0.25, 0.3) is 0 Å². The summed E-state index contributed by atoms with van der Waals surface area (Å²) in [7, 11) is -3.65. The minimum atomic E-state index is -3.65. The highest BCUT2D eigenvalue weighted by Gasteiger charge is 2.21. The van der Waals surface area contributed by atoms with Crippen molar-refractivity contribution in [2.75, 3.05) is 0 Å². The van der Waals surface area contributed by atoms with Gasteiger partial charge in [-0.3, -0.25) is 0 Å². The van der Waals surface area contributed by atoms with E-state index in [1.165, 1.54) is 0 Å². The van der Waals surface area contributed by atoms with Crippen molar-refractivity contribution in [3.8, 4) is 0 Å². The van der Waals surface area contributed by atoms with Crippen LogP contribution in [-0.2, 0) is 21.3 Å². The molecule has 0 N–H and O–H groups in total. The van der Waals surface area contributed by atoms with Crippen molar-refractivity contribution in [2.45, 2.75) is 25.4 Å². The van der Waals surface area contributed by atoms with Crippen molar-refractivity contribution in [3.63, 3.8) is 0 Å². The molecule has 0 unspecified atom stereocenters. The van der Waals surface area contributed by atoms with Gasteiger partial charge in [-0.15, -0.1) is 0 Å². The topological polar surface area (TPSA) is 60.2 Å². The molecule has 2 rings (SSSR count). The number of nitrogens with zero attached hydrogens (tertiary/aromatic N) is 1. The van der Waals surface area contributed by atoms with E-state index in [-0.39, 0.29) is 11.3 Å². The molecule has 0 aliphatic carbocycles. The Morgan fingerprint density at radius 1 is 1.20 bits per heavy atom. The van der Waals surface area contributed by atoms with Crippen molar-refractivity contribution in [2.24, 2.45) is 0 Å². The summed E-state index contributed by atoms with van der Waals surface area (Å²) >= 11 is 0. The van der Waals surface area contributed by atoms with Crippen LogP contribution in [-0.4, -0.2) is 13.6 Å². The number of halogens is 2. The van der Waals surface area contributed by atoms with Gasteiger partial charge in [0.05, 0.1) is 17.2 Å². The number of benzene rings is 1. The summed E-state index contributed by atoms with van der Waals surface area (Å²) in [4.78, 5) is 0. The average molecular weight is 301 g/mol. The average Bonchev–Trinajstić information content (AvgIpc) is 2.65. The predicted molar refractivity (Wildman–Crippen MR) is 68.7 cm³/mol. The Morgan fingerprint density at radius 3 is 2.50 bits per heavy atom. The van der Waals surface area contributed by atoms with Gasteiger partial charge in [-0.25, -0.2) is 17.2 Å². The zero-order valence-corrected chi connectivity index (χ0v) is 11.8. The van der Waals surface area contributed by atoms with Crippen LogP contribution in [0.2, 0.25) is 0 Å². The normalized spacial score (nSPS) is 11.8. The molecule has 7 heteroatoms. The fourth-order valence-corrected chi connectivity index (χ4v) is 3.52. The summed E-state index contributed by atoms with van der Waals surface area (Å²) in [6.45, 7) is 3.23. The predicted octanol–water partition coefficient (Wildman–Crippen LogP) is 2.68. The number of hydrogen-bond donors (Lipinski definition) is 0. The van der Waals surface area contributed by atoms with Crippen molar-refractivity contribution < 1.29 is 21.7 Å². The van der Waals surface area contributed by atoms with Gasteiger partial charge in [-0.1, -0.05) is 5.16 Å². The van der Waals surface area contributed by atoms with Crippen molar-refractivity contribution >= 4 is 9.84 Å². The second kappa shape index (κ2) is 5.32. The smallest absolute Gasteiger partial charge is 0.158 e. The van der Waals surface area contributed by atoms with Crippen molar-refractivity contribution in [3.05, 3.63) is 52.4 Å². The summed E-state index contributed by atoms with van der Waals surface area (Å²) in [6.07, 6.45) is 0. The minimum absolute atomic E-state index is 0.184. The van der Waals surface area contributed by atoms with Crippen molar-refractivity contribution in [1.82, 2.24) is 5.16 Å². The highest BCUT2D eigenvalue weighted by atomic mass is 32.2. The van der Waals surface area contributed by atoms with Crippen LogP contribution in [0.5, 0.6) is 0 Å². The van der Waals surface area contributed by atoms with Gasteiger partial charge < -0.3 is 4.52 Å². The highest BCUT2D eigenvalue weighted by Crippen LogP contribution is 2.20. The molecule has 0 aliphatic heterocycles. The van der Waals surface area contributed by atoms with Gasteiger partial charge in [0, 0.05) is 11.1 Å². The fourth-order valence-electron chi connectivity index (χ4n) is 1.87. The first-order valence-electron chi connectivity index (χ1n) is 5.84. The van der Waals surface area contributed by atoms with Gasteiger partial charge >= 0.3 is 0 Å². The number of aromatic nitrogens is 1. The van der Waals surface area contributed by atoms with Gasteiger partial charge in [0.2, 0.25) is 0 Å². The fraction of sp³-hybridized carbons (Fsp3) is 0.308. The summed E-state index contributed by atoms with van der Waals surface area (Å²) in [5.74, 6) is -1.89. The van der Waals surface area contributed by atoms with Gasteiger partial charge in [0.15, 0.2) is 9.84 Å². The SMILES string of the molecule is Cc1noc(C)c1CS(=O)(=O)Cc1cc(F)ccc1F. The van der Waals surface area contributed by atoms with E-state index in [9.17, 15) is 17.2 Å². The van der Waals surface area contributed by atoms with Gasteiger partial charge in [-0.2, -0.15) is 0 Å². The molecule has 4 nitrogen and oxygen atoms in total. The summed E-state index contributed by atoms with van der Waals surface area (Å²) in [6, 6.07) is 2.75. The van der Waals surface area contributed by atoms with E-state index in [1.54, 1.807) is 13.8 Å². The van der Waals surface area contributed by atoms with E-state index in [4.69, 9.17) is 4.52 Å². The molecule has 0 atom stereocenters. The number of aryl methyl sites for hydroxylation is 2. The van der Waals surface area contributed by atoms with Crippen LogP contribution >= 0.6 is 0 Å². The van der Waals surface area contributed by atoms with Crippen LogP contribution in [0.25, 0.3) is 0 Å². The molecule has 108 valence electrons. The van der Waals surface area contributed by atoms with Crippen LogP contribution in [0, 0.1) is 25.5 Å². The van der Waals surface area contributed by atoms with Crippen LogP contribution in [0.3, 0.4) is 0 Å². The maximum atomic E-state index is 13.5. The lowest BCUT2D eigenvalue weighted by Crippen LogP contribution is -2.10. The van der Waals surface area contributed by atoms with Gasteiger partial charge in [0.1, 0.15) is 17.4 Å². The molecule has 1 heterocycles. The lowest BCUT2D eigenvalue weighted by Gasteiger charge is -2.06. The highest BCUT2D eigenvalue weighted by molar-refractivity contribution is 7.89. The van der Waals surface area contributed by atoms with E-state index >= 15 is 0 Å². The third kappa shape index (κ3) is 3.22. The zero-order valence-electron chi connectivity index (χ0n) is 11.0. The van der Waals surface area contributed by atoms with E-state index in [0.29, 0.717) is 17.0 Å². The Labute approximate surface area is 115 Å². The van der Waals surface area contributed by atoms with Crippen LogP contribution < -0.4 is 0 Å².